The fourth-order valence-corrected chi connectivity index (χ4v) is 5.13. The third-order valence-electron chi connectivity index (χ3n) is 6.77. The van der Waals surface area contributed by atoms with Crippen LogP contribution in [0.15, 0.2) is 12.2 Å². The van der Waals surface area contributed by atoms with Crippen molar-refractivity contribution in [3.63, 3.8) is 0 Å². The van der Waals surface area contributed by atoms with E-state index in [2.05, 4.69) is 39.8 Å². The lowest BCUT2D eigenvalue weighted by atomic mass is 10.1. The first-order valence-electron chi connectivity index (χ1n) is 14.9. The van der Waals surface area contributed by atoms with Gasteiger partial charge in [0.2, 0.25) is 0 Å². The van der Waals surface area contributed by atoms with Crippen molar-refractivity contribution in [1.29, 1.82) is 0 Å². The molecule has 1 atom stereocenters. The number of quaternary nitrogens is 1. The monoisotopic (exact) mass is 482 g/mol. The van der Waals surface area contributed by atoms with Gasteiger partial charge in [0.15, 0.2) is 0 Å². The molecular weight excluding hydrogens is 422 g/mol. The molecule has 0 saturated heterocycles. The van der Waals surface area contributed by atoms with Gasteiger partial charge < -0.3 is 14.3 Å². The first-order valence-corrected chi connectivity index (χ1v) is 14.9. The van der Waals surface area contributed by atoms with Crippen LogP contribution in [0.2, 0.25) is 0 Å². The number of carbonyl (C=O) groups is 1. The number of carbonyl (C=O) groups excluding carboxylic acids is 1. The first-order chi connectivity index (χ1) is 16.5. The summed E-state index contributed by atoms with van der Waals surface area (Å²) in [6.07, 6.45) is 24.3. The van der Waals surface area contributed by atoms with E-state index in [4.69, 9.17) is 4.74 Å². The number of rotatable bonds is 25. The minimum Gasteiger partial charge on any atom is -0.463 e. The van der Waals surface area contributed by atoms with Crippen molar-refractivity contribution in [2.75, 3.05) is 32.8 Å². The van der Waals surface area contributed by atoms with E-state index >= 15 is 0 Å². The molecule has 0 spiro atoms. The number of ether oxygens (including phenoxy) is 1. The fraction of sp³-hybridized carbons (Fsp3) is 0.900. The van der Waals surface area contributed by atoms with E-state index in [0.29, 0.717) is 13.0 Å². The number of hydrogen-bond donors (Lipinski definition) is 1. The summed E-state index contributed by atoms with van der Waals surface area (Å²) in [7, 11) is 0. The largest absolute Gasteiger partial charge is 0.463 e. The molecule has 34 heavy (non-hydrogen) atoms. The van der Waals surface area contributed by atoms with Crippen LogP contribution >= 0.6 is 0 Å². The molecule has 202 valence electrons. The van der Waals surface area contributed by atoms with Gasteiger partial charge in [0.1, 0.15) is 19.3 Å². The fourth-order valence-electron chi connectivity index (χ4n) is 5.13. The summed E-state index contributed by atoms with van der Waals surface area (Å²) in [5, 5.41) is 10.5. The minimum atomic E-state index is -0.567. The Morgan fingerprint density at radius 3 is 1.68 bits per heavy atom. The Morgan fingerprint density at radius 2 is 1.18 bits per heavy atom. The van der Waals surface area contributed by atoms with Crippen molar-refractivity contribution >= 4 is 5.97 Å². The second-order valence-electron chi connectivity index (χ2n) is 10.4. The number of allylic oxidation sites excluding steroid dienone is 2. The number of hydrogen-bond acceptors (Lipinski definition) is 3. The molecule has 1 N–H and O–H groups in total. The predicted molar refractivity (Wildman–Crippen MR) is 147 cm³/mol. The van der Waals surface area contributed by atoms with Crippen LogP contribution in [0.3, 0.4) is 0 Å². The van der Waals surface area contributed by atoms with Crippen molar-refractivity contribution in [2.45, 2.75) is 143 Å². The number of esters is 1. The second-order valence-corrected chi connectivity index (χ2v) is 10.4. The van der Waals surface area contributed by atoms with E-state index in [0.717, 1.165) is 56.2 Å². The Balaban J connectivity index is 3.75. The molecule has 0 aromatic carbocycles. The number of unbranched alkanes of at least 4 members (excludes halogenated alkanes) is 11. The van der Waals surface area contributed by atoms with Crippen LogP contribution in [-0.2, 0) is 9.53 Å². The van der Waals surface area contributed by atoms with E-state index in [9.17, 15) is 9.90 Å². The smallest absolute Gasteiger partial charge is 0.305 e. The Bertz CT molecular complexity index is 461. The quantitative estimate of drug-likeness (QED) is 0.0621. The standard InChI is InChI=1S/C30H60NO3/c1-5-9-10-11-12-13-14-15-16-17-18-19-20-21-22-23-30(33)34-28-29(32)27-31(24-6-2,25-7-3)26-8-4/h15-16,29,32H,5-14,17-28H2,1-4H3/q+1. The average molecular weight is 483 g/mol. The Kier molecular flexibility index (Phi) is 23.2. The molecule has 0 aromatic rings. The van der Waals surface area contributed by atoms with Crippen LogP contribution < -0.4 is 0 Å². The van der Waals surface area contributed by atoms with E-state index < -0.39 is 6.10 Å². The van der Waals surface area contributed by atoms with Crippen LogP contribution in [0.1, 0.15) is 137 Å². The van der Waals surface area contributed by atoms with Gasteiger partial charge in [0.05, 0.1) is 19.6 Å². The van der Waals surface area contributed by atoms with Gasteiger partial charge >= 0.3 is 5.97 Å². The van der Waals surface area contributed by atoms with E-state index in [1.165, 1.54) is 70.6 Å². The van der Waals surface area contributed by atoms with Gasteiger partial charge in [-0.1, -0.05) is 91.2 Å². The normalized spacial score (nSPS) is 13.0. The van der Waals surface area contributed by atoms with E-state index in [-0.39, 0.29) is 12.6 Å². The molecule has 0 aromatic heterocycles. The lowest BCUT2D eigenvalue weighted by Gasteiger charge is -2.39. The lowest BCUT2D eigenvalue weighted by Crippen LogP contribution is -2.54. The van der Waals surface area contributed by atoms with E-state index in [1.54, 1.807) is 0 Å². The molecular formula is C30H60NO3+. The average Bonchev–Trinajstić information content (AvgIpc) is 2.80. The van der Waals surface area contributed by atoms with Gasteiger partial charge in [0.25, 0.3) is 0 Å². The summed E-state index contributed by atoms with van der Waals surface area (Å²) < 4.78 is 6.34. The van der Waals surface area contributed by atoms with Gasteiger partial charge in [-0.2, -0.15) is 0 Å². The van der Waals surface area contributed by atoms with Crippen molar-refractivity contribution < 1.29 is 19.1 Å². The highest BCUT2D eigenvalue weighted by molar-refractivity contribution is 5.69. The Morgan fingerprint density at radius 1 is 0.706 bits per heavy atom. The van der Waals surface area contributed by atoms with Crippen molar-refractivity contribution in [3.8, 4) is 0 Å². The summed E-state index contributed by atoms with van der Waals surface area (Å²) in [4.78, 5) is 12.1. The maximum absolute atomic E-state index is 12.1. The minimum absolute atomic E-state index is 0.140. The summed E-state index contributed by atoms with van der Waals surface area (Å²) in [6.45, 7) is 13.0. The summed E-state index contributed by atoms with van der Waals surface area (Å²) >= 11 is 0. The molecule has 0 saturated carbocycles. The van der Waals surface area contributed by atoms with E-state index in [1.807, 2.05) is 0 Å². The third-order valence-corrected chi connectivity index (χ3v) is 6.77. The number of aliphatic hydroxyl groups excluding tert-OH is 1. The zero-order valence-electron chi connectivity index (χ0n) is 23.5. The molecule has 0 aliphatic heterocycles. The molecule has 0 fully saturated rings. The predicted octanol–water partition coefficient (Wildman–Crippen LogP) is 7.97. The van der Waals surface area contributed by atoms with Crippen molar-refractivity contribution in [1.82, 2.24) is 0 Å². The molecule has 0 radical (unpaired) electrons. The van der Waals surface area contributed by atoms with Gasteiger partial charge in [0, 0.05) is 6.42 Å². The SMILES string of the molecule is CCCCCCCCC=CCCCCCCCC(=O)OCC(O)C[N+](CCC)(CCC)CCC. The zero-order chi connectivity index (χ0) is 25.3. The highest BCUT2D eigenvalue weighted by Crippen LogP contribution is 2.14. The molecule has 1 unspecified atom stereocenters. The van der Waals surface area contributed by atoms with Gasteiger partial charge in [-0.15, -0.1) is 0 Å². The highest BCUT2D eigenvalue weighted by atomic mass is 16.5. The molecule has 0 heterocycles. The summed E-state index contributed by atoms with van der Waals surface area (Å²) in [5.41, 5.74) is 0. The molecule has 4 nitrogen and oxygen atoms in total. The molecule has 0 aliphatic carbocycles. The maximum atomic E-state index is 12.1. The number of aliphatic hydroxyl groups is 1. The highest BCUT2D eigenvalue weighted by Gasteiger charge is 2.28. The van der Waals surface area contributed by atoms with Crippen LogP contribution in [0, 0.1) is 0 Å². The summed E-state index contributed by atoms with van der Waals surface area (Å²) in [6, 6.07) is 0. The molecule has 0 bridgehead atoms. The maximum Gasteiger partial charge on any atom is 0.305 e. The number of nitrogens with zero attached hydrogens (tertiary/aromatic N) is 1. The topological polar surface area (TPSA) is 46.5 Å². The van der Waals surface area contributed by atoms with Crippen LogP contribution in [0.25, 0.3) is 0 Å². The van der Waals surface area contributed by atoms with Gasteiger partial charge in [-0.3, -0.25) is 4.79 Å². The Hall–Kier alpha value is -0.870. The van der Waals surface area contributed by atoms with Crippen LogP contribution in [0.5, 0.6) is 0 Å². The van der Waals surface area contributed by atoms with Crippen molar-refractivity contribution in [2.24, 2.45) is 0 Å². The third kappa shape index (κ3) is 19.4. The molecule has 0 amide bonds. The molecule has 4 heteroatoms. The molecule has 0 aliphatic rings. The lowest BCUT2D eigenvalue weighted by molar-refractivity contribution is -0.931. The second kappa shape index (κ2) is 23.9. The Labute approximate surface area is 213 Å². The van der Waals surface area contributed by atoms with Crippen LogP contribution in [0.4, 0.5) is 0 Å². The zero-order valence-corrected chi connectivity index (χ0v) is 23.5. The first kappa shape index (κ1) is 33.1. The van der Waals surface area contributed by atoms with Gasteiger partial charge in [-0.25, -0.2) is 0 Å². The summed E-state index contributed by atoms with van der Waals surface area (Å²) in [5.74, 6) is -0.156. The van der Waals surface area contributed by atoms with Crippen LogP contribution in [-0.4, -0.2) is 54.4 Å². The molecule has 0 rings (SSSR count). The van der Waals surface area contributed by atoms with Crippen molar-refractivity contribution in [3.05, 3.63) is 12.2 Å². The van der Waals surface area contributed by atoms with Gasteiger partial charge in [-0.05, 0) is 51.4 Å².